The molecule has 0 radical (unpaired) electrons. The maximum Gasteiger partial charge on any atom is 0.345 e. The molecule has 2 aliphatic rings. The average Bonchev–Trinajstić information content (AvgIpc) is 3.32. The fraction of sp³-hybridized carbons (Fsp3) is 0.227. The Labute approximate surface area is 173 Å². The SMILES string of the molecule is NC(=O)C[C@@H]1c2nn(-c3ccccc3)cc2[C@H]2CN1C(=O)N2OCc1ccccc1. The van der Waals surface area contributed by atoms with Crippen LogP contribution in [-0.2, 0) is 16.2 Å². The lowest BCUT2D eigenvalue weighted by Crippen LogP contribution is -2.36. The van der Waals surface area contributed by atoms with Crippen molar-refractivity contribution in [2.45, 2.75) is 25.1 Å². The summed E-state index contributed by atoms with van der Waals surface area (Å²) in [4.78, 5) is 32.4. The molecule has 3 amide bonds. The van der Waals surface area contributed by atoms with Crippen molar-refractivity contribution in [1.29, 1.82) is 0 Å². The number of hydrogen-bond acceptors (Lipinski definition) is 4. The van der Waals surface area contributed by atoms with Gasteiger partial charge in [0, 0.05) is 11.8 Å². The largest absolute Gasteiger partial charge is 0.370 e. The van der Waals surface area contributed by atoms with Gasteiger partial charge in [0.1, 0.15) is 12.6 Å². The number of carbonyl (C=O) groups excluding carboxylic acids is 2. The van der Waals surface area contributed by atoms with E-state index in [1.807, 2.05) is 66.9 Å². The Bertz CT molecular complexity index is 1080. The molecule has 2 aliphatic heterocycles. The number of nitrogens with two attached hydrogens (primary N) is 1. The molecule has 3 heterocycles. The second-order valence-corrected chi connectivity index (χ2v) is 7.47. The lowest BCUT2D eigenvalue weighted by molar-refractivity contribution is -0.141. The number of para-hydroxylation sites is 1. The lowest BCUT2D eigenvalue weighted by Gasteiger charge is -2.28. The zero-order valence-corrected chi connectivity index (χ0v) is 16.2. The van der Waals surface area contributed by atoms with Crippen molar-refractivity contribution in [2.24, 2.45) is 5.73 Å². The van der Waals surface area contributed by atoms with E-state index in [9.17, 15) is 9.59 Å². The summed E-state index contributed by atoms with van der Waals surface area (Å²) in [5, 5.41) is 6.12. The number of urea groups is 1. The topological polar surface area (TPSA) is 93.7 Å². The normalized spacial score (nSPS) is 19.8. The highest BCUT2D eigenvalue weighted by atomic mass is 16.7. The smallest absolute Gasteiger partial charge is 0.345 e. The molecule has 5 rings (SSSR count). The molecule has 2 atom stereocenters. The van der Waals surface area contributed by atoms with E-state index in [-0.39, 0.29) is 25.1 Å². The second kappa shape index (κ2) is 7.31. The summed E-state index contributed by atoms with van der Waals surface area (Å²) in [6.45, 7) is 0.707. The number of amides is 3. The molecule has 1 aromatic heterocycles. The fourth-order valence-corrected chi connectivity index (χ4v) is 4.12. The summed E-state index contributed by atoms with van der Waals surface area (Å²) in [6.07, 6.45) is 1.93. The molecule has 3 aromatic rings. The van der Waals surface area contributed by atoms with Crippen LogP contribution in [0.25, 0.3) is 5.69 Å². The minimum atomic E-state index is -0.503. The fourth-order valence-electron chi connectivity index (χ4n) is 4.12. The minimum Gasteiger partial charge on any atom is -0.370 e. The van der Waals surface area contributed by atoms with Crippen LogP contribution in [0.15, 0.2) is 66.9 Å². The molecular formula is C22H21N5O3. The summed E-state index contributed by atoms with van der Waals surface area (Å²) >= 11 is 0. The van der Waals surface area contributed by atoms with Crippen molar-refractivity contribution in [3.05, 3.63) is 83.7 Å². The first-order chi connectivity index (χ1) is 14.6. The summed E-state index contributed by atoms with van der Waals surface area (Å²) in [7, 11) is 0. The Morgan fingerprint density at radius 1 is 1.10 bits per heavy atom. The molecule has 152 valence electrons. The number of fused-ring (bicyclic) bond motifs is 4. The van der Waals surface area contributed by atoms with Crippen LogP contribution in [0.1, 0.15) is 35.3 Å². The summed E-state index contributed by atoms with van der Waals surface area (Å²) in [5.41, 5.74) is 8.92. The van der Waals surface area contributed by atoms with Crippen molar-refractivity contribution in [3.8, 4) is 5.69 Å². The third-order valence-corrected chi connectivity index (χ3v) is 5.54. The van der Waals surface area contributed by atoms with Crippen molar-refractivity contribution < 1.29 is 14.4 Å². The second-order valence-electron chi connectivity index (χ2n) is 7.47. The number of carbonyl (C=O) groups is 2. The lowest BCUT2D eigenvalue weighted by atomic mass is 9.96. The van der Waals surface area contributed by atoms with Gasteiger partial charge in [-0.1, -0.05) is 48.5 Å². The molecule has 1 fully saturated rings. The third kappa shape index (κ3) is 3.11. The maximum atomic E-state index is 13.1. The molecule has 2 N–H and O–H groups in total. The van der Waals surface area contributed by atoms with Gasteiger partial charge in [0.15, 0.2) is 0 Å². The molecule has 8 heteroatoms. The Hall–Kier alpha value is -3.65. The standard InChI is InChI=1S/C22H21N5O3/c23-20(28)11-18-21-17(12-26(24-21)16-9-5-2-6-10-16)19-13-25(18)22(29)27(19)30-14-15-7-3-1-4-8-15/h1-10,12,18-19H,11,13-14H2,(H2,23,28)/t18-,19-/m1/s1. The zero-order valence-electron chi connectivity index (χ0n) is 16.2. The monoisotopic (exact) mass is 403 g/mol. The number of benzene rings is 2. The molecule has 1 saturated heterocycles. The van der Waals surface area contributed by atoms with E-state index in [1.54, 1.807) is 9.58 Å². The zero-order chi connectivity index (χ0) is 20.7. The minimum absolute atomic E-state index is 0.0176. The third-order valence-electron chi connectivity index (χ3n) is 5.54. The van der Waals surface area contributed by atoms with Crippen molar-refractivity contribution in [2.75, 3.05) is 6.54 Å². The number of aromatic nitrogens is 2. The molecule has 2 aromatic carbocycles. The van der Waals surface area contributed by atoms with Crippen LogP contribution in [0.2, 0.25) is 0 Å². The van der Waals surface area contributed by atoms with Gasteiger partial charge in [-0.3, -0.25) is 9.63 Å². The van der Waals surface area contributed by atoms with Crippen LogP contribution >= 0.6 is 0 Å². The molecule has 0 unspecified atom stereocenters. The van der Waals surface area contributed by atoms with E-state index >= 15 is 0 Å². The summed E-state index contributed by atoms with van der Waals surface area (Å²) < 4.78 is 1.78. The van der Waals surface area contributed by atoms with Crippen LogP contribution in [0.3, 0.4) is 0 Å². The number of primary amides is 1. The van der Waals surface area contributed by atoms with Crippen molar-refractivity contribution in [1.82, 2.24) is 19.7 Å². The quantitative estimate of drug-likeness (QED) is 0.685. The molecule has 0 spiro atoms. The van der Waals surface area contributed by atoms with Gasteiger partial charge >= 0.3 is 6.03 Å². The van der Waals surface area contributed by atoms with E-state index in [2.05, 4.69) is 0 Å². The van der Waals surface area contributed by atoms with Crippen LogP contribution in [-0.4, -0.2) is 38.2 Å². The number of nitrogens with zero attached hydrogens (tertiary/aromatic N) is 4. The maximum absolute atomic E-state index is 13.1. The van der Waals surface area contributed by atoms with E-state index in [0.29, 0.717) is 12.2 Å². The van der Waals surface area contributed by atoms with Gasteiger partial charge < -0.3 is 10.6 Å². The molecule has 30 heavy (non-hydrogen) atoms. The molecular weight excluding hydrogens is 382 g/mol. The van der Waals surface area contributed by atoms with Gasteiger partial charge in [-0.2, -0.15) is 10.2 Å². The van der Waals surface area contributed by atoms with E-state index in [1.165, 1.54) is 5.06 Å². The van der Waals surface area contributed by atoms with Gasteiger partial charge in [-0.15, -0.1) is 0 Å². The van der Waals surface area contributed by atoms with Crippen molar-refractivity contribution >= 4 is 11.9 Å². The first-order valence-corrected chi connectivity index (χ1v) is 9.81. The highest BCUT2D eigenvalue weighted by molar-refractivity contribution is 5.81. The van der Waals surface area contributed by atoms with Gasteiger partial charge in [-0.25, -0.2) is 9.48 Å². The van der Waals surface area contributed by atoms with Crippen molar-refractivity contribution in [3.63, 3.8) is 0 Å². The van der Waals surface area contributed by atoms with Gasteiger partial charge in [0.05, 0.1) is 30.4 Å². The first kappa shape index (κ1) is 18.4. The van der Waals surface area contributed by atoms with E-state index < -0.39 is 11.9 Å². The molecule has 8 nitrogen and oxygen atoms in total. The van der Waals surface area contributed by atoms with Crippen LogP contribution < -0.4 is 5.73 Å². The Balaban J connectivity index is 1.50. The predicted octanol–water partition coefficient (Wildman–Crippen LogP) is 2.71. The molecule has 0 aliphatic carbocycles. The molecule has 2 bridgehead atoms. The van der Waals surface area contributed by atoms with Gasteiger partial charge in [0.2, 0.25) is 5.91 Å². The Morgan fingerprint density at radius 2 is 1.80 bits per heavy atom. The predicted molar refractivity (Wildman–Crippen MR) is 108 cm³/mol. The van der Waals surface area contributed by atoms with Gasteiger partial charge in [-0.05, 0) is 17.7 Å². The van der Waals surface area contributed by atoms with Crippen LogP contribution in [0.5, 0.6) is 0 Å². The van der Waals surface area contributed by atoms with Crippen LogP contribution in [0, 0.1) is 0 Å². The summed E-state index contributed by atoms with van der Waals surface area (Å²) in [5.74, 6) is -0.477. The first-order valence-electron chi connectivity index (χ1n) is 9.81. The average molecular weight is 403 g/mol. The number of hydroxylamine groups is 2. The summed E-state index contributed by atoms with van der Waals surface area (Å²) in [6, 6.07) is 18.3. The highest BCUT2D eigenvalue weighted by Crippen LogP contribution is 2.45. The number of rotatable bonds is 6. The number of hydrogen-bond donors (Lipinski definition) is 1. The molecule has 0 saturated carbocycles. The highest BCUT2D eigenvalue weighted by Gasteiger charge is 2.50. The Kier molecular flexibility index (Phi) is 4.48. The van der Waals surface area contributed by atoms with E-state index in [0.717, 1.165) is 16.8 Å². The van der Waals surface area contributed by atoms with Gasteiger partial charge in [0.25, 0.3) is 0 Å². The van der Waals surface area contributed by atoms with E-state index in [4.69, 9.17) is 15.7 Å². The van der Waals surface area contributed by atoms with Crippen LogP contribution in [0.4, 0.5) is 4.79 Å². The Morgan fingerprint density at radius 3 is 2.50 bits per heavy atom.